The molecule has 0 bridgehead atoms. The minimum Gasteiger partial charge on any atom is -0.332 e. The normalized spacial score (nSPS) is 22.3. The number of likely N-dealkylation sites (tertiary alicyclic amines) is 1. The summed E-state index contributed by atoms with van der Waals surface area (Å²) in [6.07, 6.45) is 0.939. The van der Waals surface area contributed by atoms with E-state index < -0.39 is 32.8 Å². The first-order valence-electron chi connectivity index (χ1n) is 9.86. The van der Waals surface area contributed by atoms with E-state index in [1.807, 2.05) is 0 Å². The molecule has 8 nitrogen and oxygen atoms in total. The van der Waals surface area contributed by atoms with Gasteiger partial charge in [-0.15, -0.1) is 0 Å². The van der Waals surface area contributed by atoms with Gasteiger partial charge >= 0.3 is 0 Å². The fourth-order valence-electron chi connectivity index (χ4n) is 3.80. The van der Waals surface area contributed by atoms with Crippen molar-refractivity contribution in [3.63, 3.8) is 0 Å². The van der Waals surface area contributed by atoms with Crippen LogP contribution in [0.4, 0.5) is 0 Å². The first kappa shape index (κ1) is 22.2. The molecule has 166 valence electrons. The van der Waals surface area contributed by atoms with E-state index >= 15 is 0 Å². The number of amides is 2. The summed E-state index contributed by atoms with van der Waals surface area (Å²) in [6, 6.07) is 8.92. The molecule has 2 amide bonds. The average Bonchev–Trinajstić information content (AvgIpc) is 3.17. The lowest BCUT2D eigenvalue weighted by atomic mass is 10.1. The van der Waals surface area contributed by atoms with Crippen molar-refractivity contribution in [2.45, 2.75) is 23.8 Å². The van der Waals surface area contributed by atoms with Crippen molar-refractivity contribution in [2.24, 2.45) is 0 Å². The number of piperidine rings is 1. The maximum atomic E-state index is 12.9. The monoisotopic (exact) mass is 483 g/mol. The summed E-state index contributed by atoms with van der Waals surface area (Å²) in [5, 5.41) is 2.09. The summed E-state index contributed by atoms with van der Waals surface area (Å²) in [4.78, 5) is 28.2. The van der Waals surface area contributed by atoms with Crippen LogP contribution in [0.2, 0.25) is 5.02 Å². The first-order chi connectivity index (χ1) is 14.7. The summed E-state index contributed by atoms with van der Waals surface area (Å²) in [5.74, 6) is -0.0589. The predicted molar refractivity (Wildman–Crippen MR) is 118 cm³/mol. The molecule has 0 aliphatic carbocycles. The number of carbonyl (C=O) groups excluding carboxylic acids is 2. The Labute approximate surface area is 188 Å². The van der Waals surface area contributed by atoms with Crippen LogP contribution in [0.25, 0.3) is 10.8 Å². The Bertz CT molecular complexity index is 1170. The number of fused-ring (bicyclic) bond motifs is 1. The Hall–Kier alpha value is -2.01. The molecule has 1 N–H and O–H groups in total. The summed E-state index contributed by atoms with van der Waals surface area (Å²) in [7, 11) is -4.97. The summed E-state index contributed by atoms with van der Waals surface area (Å²) in [5.41, 5.74) is 0. The van der Waals surface area contributed by atoms with E-state index in [2.05, 4.69) is 4.72 Å². The highest BCUT2D eigenvalue weighted by molar-refractivity contribution is 7.89. The first-order valence-corrected chi connectivity index (χ1v) is 13.2. The highest BCUT2D eigenvalue weighted by Crippen LogP contribution is 2.23. The molecule has 2 saturated heterocycles. The van der Waals surface area contributed by atoms with Crippen molar-refractivity contribution in [3.05, 3.63) is 41.4 Å². The van der Waals surface area contributed by atoms with E-state index in [-0.39, 0.29) is 23.2 Å². The van der Waals surface area contributed by atoms with Crippen LogP contribution in [0.15, 0.2) is 41.3 Å². The lowest BCUT2D eigenvalue weighted by Crippen LogP contribution is -2.54. The number of benzene rings is 2. The minimum atomic E-state index is -3.94. The number of hydrogen-bond acceptors (Lipinski definition) is 5. The number of sulfonamides is 1. The maximum Gasteiger partial charge on any atom is 0.242 e. The van der Waals surface area contributed by atoms with Crippen LogP contribution in [-0.4, -0.2) is 71.5 Å². The van der Waals surface area contributed by atoms with Gasteiger partial charge in [-0.2, -0.15) is 4.72 Å². The second-order valence-corrected chi connectivity index (χ2v) is 11.4. The van der Waals surface area contributed by atoms with Gasteiger partial charge in [0.25, 0.3) is 0 Å². The van der Waals surface area contributed by atoms with Crippen LogP contribution in [0.3, 0.4) is 0 Å². The van der Waals surface area contributed by atoms with Crippen LogP contribution < -0.4 is 4.72 Å². The largest absolute Gasteiger partial charge is 0.332 e. The molecule has 0 aromatic heterocycles. The van der Waals surface area contributed by atoms with Crippen LogP contribution >= 0.6 is 11.6 Å². The molecule has 0 saturated carbocycles. The van der Waals surface area contributed by atoms with Gasteiger partial charge < -0.3 is 9.80 Å². The van der Waals surface area contributed by atoms with E-state index in [0.29, 0.717) is 36.7 Å². The third-order valence-corrected chi connectivity index (χ3v) is 8.42. The fourth-order valence-corrected chi connectivity index (χ4v) is 6.41. The number of rotatable bonds is 5. The van der Waals surface area contributed by atoms with Gasteiger partial charge in [0.05, 0.1) is 17.3 Å². The molecule has 0 radical (unpaired) electrons. The van der Waals surface area contributed by atoms with Gasteiger partial charge in [-0.25, -0.2) is 8.42 Å². The standard InChI is InChI=1S/C20H22ClN3O5S2/c21-16-5-3-15-11-17(6-4-14(15)10-16)31(28,29)22-18-2-1-7-23(20(18)26)12-19(25)24-8-9-30(27)13-24/h3-6,10-11,18,22H,1-2,7-9,12-13H2. The van der Waals surface area contributed by atoms with Crippen molar-refractivity contribution in [2.75, 3.05) is 31.3 Å². The lowest BCUT2D eigenvalue weighted by Gasteiger charge is -2.33. The second kappa shape index (κ2) is 8.85. The lowest BCUT2D eigenvalue weighted by molar-refractivity contribution is -0.142. The van der Waals surface area contributed by atoms with Crippen LogP contribution in [0.1, 0.15) is 12.8 Å². The van der Waals surface area contributed by atoms with E-state index in [9.17, 15) is 22.2 Å². The van der Waals surface area contributed by atoms with Crippen molar-refractivity contribution in [3.8, 4) is 0 Å². The molecule has 4 rings (SSSR count). The Balaban J connectivity index is 1.46. The molecule has 2 aromatic rings. The molecule has 2 atom stereocenters. The van der Waals surface area contributed by atoms with Crippen LogP contribution in [0, 0.1) is 0 Å². The van der Waals surface area contributed by atoms with Crippen LogP contribution in [0.5, 0.6) is 0 Å². The molecule has 2 aromatic carbocycles. The third kappa shape index (κ3) is 4.92. The van der Waals surface area contributed by atoms with Gasteiger partial charge in [0, 0.05) is 34.7 Å². The summed E-state index contributed by atoms with van der Waals surface area (Å²) < 4.78 is 39.8. The molecule has 2 unspecified atom stereocenters. The van der Waals surface area contributed by atoms with E-state index in [0.717, 1.165) is 10.8 Å². The number of halogens is 1. The van der Waals surface area contributed by atoms with Crippen molar-refractivity contribution < 1.29 is 22.2 Å². The van der Waals surface area contributed by atoms with Crippen molar-refractivity contribution >= 4 is 55.0 Å². The number of nitrogens with one attached hydrogen (secondary N) is 1. The van der Waals surface area contributed by atoms with Gasteiger partial charge in [0.1, 0.15) is 6.04 Å². The quantitative estimate of drug-likeness (QED) is 0.690. The highest BCUT2D eigenvalue weighted by atomic mass is 35.5. The van der Waals surface area contributed by atoms with Gasteiger partial charge in [-0.05, 0) is 47.9 Å². The molecule has 2 aliphatic heterocycles. The smallest absolute Gasteiger partial charge is 0.242 e. The second-order valence-electron chi connectivity index (χ2n) is 7.66. The zero-order valence-corrected chi connectivity index (χ0v) is 19.0. The Morgan fingerprint density at radius 2 is 1.90 bits per heavy atom. The molecule has 11 heteroatoms. The van der Waals surface area contributed by atoms with Crippen molar-refractivity contribution in [1.29, 1.82) is 0 Å². The molecular weight excluding hydrogens is 462 g/mol. The van der Waals surface area contributed by atoms with Gasteiger partial charge in [0.15, 0.2) is 0 Å². The van der Waals surface area contributed by atoms with Crippen LogP contribution in [-0.2, 0) is 30.4 Å². The zero-order valence-electron chi connectivity index (χ0n) is 16.6. The summed E-state index contributed by atoms with van der Waals surface area (Å²) >= 11 is 5.98. The third-order valence-electron chi connectivity index (χ3n) is 5.48. The number of nitrogens with zero attached hydrogens (tertiary/aromatic N) is 2. The molecule has 2 heterocycles. The number of carbonyl (C=O) groups is 2. The Morgan fingerprint density at radius 1 is 1.16 bits per heavy atom. The van der Waals surface area contributed by atoms with Gasteiger partial charge in [-0.1, -0.05) is 23.7 Å². The predicted octanol–water partition coefficient (Wildman–Crippen LogP) is 1.31. The zero-order chi connectivity index (χ0) is 22.2. The molecule has 0 spiro atoms. The fraction of sp³-hybridized carbons (Fsp3) is 0.400. The maximum absolute atomic E-state index is 12.9. The highest BCUT2D eigenvalue weighted by Gasteiger charge is 2.34. The molecule has 31 heavy (non-hydrogen) atoms. The van der Waals surface area contributed by atoms with E-state index in [4.69, 9.17) is 11.6 Å². The van der Waals surface area contributed by atoms with Gasteiger partial charge in [0.2, 0.25) is 21.8 Å². The van der Waals surface area contributed by atoms with Gasteiger partial charge in [-0.3, -0.25) is 13.8 Å². The average molecular weight is 484 g/mol. The van der Waals surface area contributed by atoms with Crippen molar-refractivity contribution in [1.82, 2.24) is 14.5 Å². The molecule has 2 aliphatic rings. The van der Waals surface area contributed by atoms with E-state index in [1.54, 1.807) is 24.3 Å². The molecule has 2 fully saturated rings. The number of hydrogen-bond donors (Lipinski definition) is 1. The Kier molecular flexibility index (Phi) is 6.34. The SMILES string of the molecule is O=C(CN1CCCC(NS(=O)(=O)c2ccc3cc(Cl)ccc3c2)C1=O)N1CCS(=O)C1. The van der Waals surface area contributed by atoms with E-state index in [1.165, 1.54) is 21.9 Å². The minimum absolute atomic E-state index is 0.0582. The topological polar surface area (TPSA) is 104 Å². The molecular formula is C20H22ClN3O5S2. The summed E-state index contributed by atoms with van der Waals surface area (Å²) in [6.45, 7) is 0.665. The Morgan fingerprint density at radius 3 is 2.65 bits per heavy atom.